The van der Waals surface area contributed by atoms with Gasteiger partial charge in [-0.15, -0.1) is 5.10 Å². The summed E-state index contributed by atoms with van der Waals surface area (Å²) in [6.45, 7) is 7.86. The lowest BCUT2D eigenvalue weighted by atomic mass is 9.81. The van der Waals surface area contributed by atoms with Crippen LogP contribution in [0.5, 0.6) is 0 Å². The van der Waals surface area contributed by atoms with E-state index in [2.05, 4.69) is 20.5 Å². The van der Waals surface area contributed by atoms with Gasteiger partial charge in [-0.1, -0.05) is 27.7 Å². The quantitative estimate of drug-likeness (QED) is 0.588. The highest BCUT2D eigenvalue weighted by Crippen LogP contribution is 2.25. The number of hydrogen-bond acceptors (Lipinski definition) is 4. The van der Waals surface area contributed by atoms with Gasteiger partial charge in [-0.2, -0.15) is 0 Å². The second-order valence-corrected chi connectivity index (χ2v) is 5.39. The predicted molar refractivity (Wildman–Crippen MR) is 66.2 cm³/mol. The zero-order valence-electron chi connectivity index (χ0n) is 11.1. The van der Waals surface area contributed by atoms with E-state index in [9.17, 15) is 14.7 Å². The average molecular weight is 256 g/mol. The van der Waals surface area contributed by atoms with Crippen molar-refractivity contribution >= 4 is 5.91 Å². The summed E-state index contributed by atoms with van der Waals surface area (Å²) >= 11 is 0. The van der Waals surface area contributed by atoms with E-state index < -0.39 is 23.1 Å². The van der Waals surface area contributed by atoms with Gasteiger partial charge in [-0.3, -0.25) is 9.78 Å². The Morgan fingerprint density at radius 3 is 2.56 bits per heavy atom. The van der Waals surface area contributed by atoms with E-state index in [1.165, 1.54) is 0 Å². The van der Waals surface area contributed by atoms with Gasteiger partial charge < -0.3 is 10.4 Å². The van der Waals surface area contributed by atoms with Gasteiger partial charge in [0.05, 0.1) is 6.10 Å². The Morgan fingerprint density at radius 1 is 1.50 bits per heavy atom. The smallest absolute Gasteiger partial charge is 0.341 e. The number of nitrogens with one attached hydrogen (secondary N) is 3. The molecule has 0 aromatic carbocycles. The molecule has 1 unspecified atom stereocenters. The minimum absolute atomic E-state index is 0.0603. The lowest BCUT2D eigenvalue weighted by Crippen LogP contribution is -2.43. The molecule has 1 rings (SSSR count). The van der Waals surface area contributed by atoms with Crippen LogP contribution in [0.15, 0.2) is 4.79 Å². The van der Waals surface area contributed by atoms with Crippen LogP contribution >= 0.6 is 0 Å². The molecule has 1 heterocycles. The van der Waals surface area contributed by atoms with Crippen LogP contribution in [0.25, 0.3) is 0 Å². The number of carbonyl (C=O) groups excluding carboxylic acids is 1. The SMILES string of the molecule is CC(C)C(O)C(C)(C)CNC(=O)c1n[nH]c(=O)[nH]1. The molecule has 0 spiro atoms. The molecule has 1 atom stereocenters. The average Bonchev–Trinajstić information content (AvgIpc) is 2.71. The predicted octanol–water partition coefficient (Wildman–Crippen LogP) is -0.129. The molecule has 0 radical (unpaired) electrons. The molecule has 1 amide bonds. The monoisotopic (exact) mass is 256 g/mol. The number of hydrogen-bond donors (Lipinski definition) is 4. The van der Waals surface area contributed by atoms with Gasteiger partial charge in [-0.25, -0.2) is 9.89 Å². The number of aromatic amines is 2. The summed E-state index contributed by atoms with van der Waals surface area (Å²) in [6.07, 6.45) is -0.531. The van der Waals surface area contributed by atoms with E-state index >= 15 is 0 Å². The van der Waals surface area contributed by atoms with Gasteiger partial charge in [0.25, 0.3) is 5.91 Å². The van der Waals surface area contributed by atoms with Crippen LogP contribution < -0.4 is 11.0 Å². The molecule has 4 N–H and O–H groups in total. The highest BCUT2D eigenvalue weighted by molar-refractivity contribution is 5.90. The Bertz CT molecular complexity index is 461. The summed E-state index contributed by atoms with van der Waals surface area (Å²) in [5.41, 5.74) is -0.984. The number of amides is 1. The second kappa shape index (κ2) is 5.34. The number of rotatable bonds is 5. The minimum atomic E-state index is -0.531. The first-order chi connectivity index (χ1) is 8.24. The molecule has 0 saturated heterocycles. The van der Waals surface area contributed by atoms with Gasteiger partial charge in [0.2, 0.25) is 5.82 Å². The molecule has 7 heteroatoms. The molecule has 0 bridgehead atoms. The summed E-state index contributed by atoms with van der Waals surface area (Å²) < 4.78 is 0. The Balaban J connectivity index is 2.60. The largest absolute Gasteiger partial charge is 0.392 e. The fraction of sp³-hybridized carbons (Fsp3) is 0.727. The Kier molecular flexibility index (Phi) is 4.28. The van der Waals surface area contributed by atoms with E-state index in [0.29, 0.717) is 6.54 Å². The van der Waals surface area contributed by atoms with Gasteiger partial charge in [-0.05, 0) is 5.92 Å². The second-order valence-electron chi connectivity index (χ2n) is 5.39. The number of H-pyrrole nitrogens is 2. The molecule has 0 fully saturated rings. The van der Waals surface area contributed by atoms with Crippen molar-refractivity contribution in [3.05, 3.63) is 16.3 Å². The summed E-state index contributed by atoms with van der Waals surface area (Å²) in [7, 11) is 0. The van der Waals surface area contributed by atoms with Gasteiger partial charge in [0.1, 0.15) is 0 Å². The van der Waals surface area contributed by atoms with E-state index in [4.69, 9.17) is 0 Å². The molecule has 7 nitrogen and oxygen atoms in total. The van der Waals surface area contributed by atoms with Crippen LogP contribution in [-0.2, 0) is 0 Å². The van der Waals surface area contributed by atoms with Crippen molar-refractivity contribution in [1.29, 1.82) is 0 Å². The summed E-state index contributed by atoms with van der Waals surface area (Å²) in [6, 6.07) is 0. The molecule has 0 aliphatic carbocycles. The maximum absolute atomic E-state index is 11.7. The third-order valence-electron chi connectivity index (χ3n) is 2.85. The van der Waals surface area contributed by atoms with Crippen molar-refractivity contribution in [3.8, 4) is 0 Å². The first-order valence-corrected chi connectivity index (χ1v) is 5.85. The molecule has 1 aromatic rings. The highest BCUT2D eigenvalue weighted by Gasteiger charge is 2.30. The maximum Gasteiger partial charge on any atom is 0.341 e. The first-order valence-electron chi connectivity index (χ1n) is 5.85. The van der Waals surface area contributed by atoms with Gasteiger partial charge in [0, 0.05) is 12.0 Å². The lowest BCUT2D eigenvalue weighted by Gasteiger charge is -2.33. The number of aliphatic hydroxyl groups is 1. The molecule has 0 aliphatic heterocycles. The lowest BCUT2D eigenvalue weighted by molar-refractivity contribution is 0.0137. The number of aromatic nitrogens is 3. The van der Waals surface area contributed by atoms with Crippen LogP contribution in [0.2, 0.25) is 0 Å². The van der Waals surface area contributed by atoms with Crippen LogP contribution in [0.3, 0.4) is 0 Å². The Hall–Kier alpha value is -1.63. The fourth-order valence-electron chi connectivity index (χ4n) is 1.78. The molecule has 18 heavy (non-hydrogen) atoms. The zero-order chi connectivity index (χ0) is 13.9. The van der Waals surface area contributed by atoms with Gasteiger partial charge in [0.15, 0.2) is 0 Å². The van der Waals surface area contributed by atoms with Crippen molar-refractivity contribution in [1.82, 2.24) is 20.5 Å². The third-order valence-corrected chi connectivity index (χ3v) is 2.85. The third kappa shape index (κ3) is 3.43. The standard InChI is InChI=1S/C11H20N4O3/c1-6(2)7(16)11(3,4)5-12-9(17)8-13-10(18)15-14-8/h6-7,16H,5H2,1-4H3,(H,12,17)(H2,13,14,15,18). The summed E-state index contributed by atoms with van der Waals surface area (Å²) in [5.74, 6) is -0.436. The molecule has 0 aliphatic rings. The first kappa shape index (κ1) is 14.4. The summed E-state index contributed by atoms with van der Waals surface area (Å²) in [4.78, 5) is 24.7. The Morgan fingerprint density at radius 2 is 2.11 bits per heavy atom. The van der Waals surface area contributed by atoms with E-state index in [1.54, 1.807) is 0 Å². The number of nitrogens with zero attached hydrogens (tertiary/aromatic N) is 1. The van der Waals surface area contributed by atoms with Crippen LogP contribution in [0.1, 0.15) is 38.3 Å². The normalized spacial score (nSPS) is 13.7. The zero-order valence-corrected chi connectivity index (χ0v) is 11.1. The van der Waals surface area contributed by atoms with E-state index in [0.717, 1.165) is 0 Å². The maximum atomic E-state index is 11.7. The Labute approximate surface area is 105 Å². The van der Waals surface area contributed by atoms with E-state index in [1.807, 2.05) is 27.7 Å². The summed E-state index contributed by atoms with van der Waals surface area (Å²) in [5, 5.41) is 18.3. The van der Waals surface area contributed by atoms with Crippen LogP contribution in [-0.4, -0.2) is 38.8 Å². The number of carbonyl (C=O) groups is 1. The van der Waals surface area contributed by atoms with Crippen LogP contribution in [0.4, 0.5) is 0 Å². The van der Waals surface area contributed by atoms with Crippen molar-refractivity contribution in [2.45, 2.75) is 33.8 Å². The van der Waals surface area contributed by atoms with Crippen molar-refractivity contribution in [2.75, 3.05) is 6.54 Å². The molecule has 1 aromatic heterocycles. The molecular formula is C11H20N4O3. The van der Waals surface area contributed by atoms with Crippen LogP contribution in [0, 0.1) is 11.3 Å². The van der Waals surface area contributed by atoms with Crippen molar-refractivity contribution in [2.24, 2.45) is 11.3 Å². The fourth-order valence-corrected chi connectivity index (χ4v) is 1.78. The van der Waals surface area contributed by atoms with Gasteiger partial charge >= 0.3 is 5.69 Å². The van der Waals surface area contributed by atoms with Crippen molar-refractivity contribution < 1.29 is 9.90 Å². The highest BCUT2D eigenvalue weighted by atomic mass is 16.3. The van der Waals surface area contributed by atoms with Crippen molar-refractivity contribution in [3.63, 3.8) is 0 Å². The molecular weight excluding hydrogens is 236 g/mol. The number of aliphatic hydroxyl groups excluding tert-OH is 1. The molecule has 0 saturated carbocycles. The molecule has 102 valence electrons. The topological polar surface area (TPSA) is 111 Å². The minimum Gasteiger partial charge on any atom is -0.392 e. The van der Waals surface area contributed by atoms with E-state index in [-0.39, 0.29) is 11.7 Å².